The molecule has 0 radical (unpaired) electrons. The second-order valence-electron chi connectivity index (χ2n) is 8.02. The van der Waals surface area contributed by atoms with Crippen LogP contribution in [-0.4, -0.2) is 27.0 Å². The summed E-state index contributed by atoms with van der Waals surface area (Å²) in [6, 6.07) is 30.1. The maximum absolute atomic E-state index is 13.1. The molecular weight excluding hydrogens is 444 g/mol. The average Bonchev–Trinajstić information content (AvgIpc) is 3.33. The van der Waals surface area contributed by atoms with Gasteiger partial charge in [0.25, 0.3) is 5.91 Å². The molecule has 0 bridgehead atoms. The SMILES string of the molecule is O=C(NCCC(c1ccccc1)c1ccccc1)c1cnn2c(-c3ccccc3Cl)ccnc12. The van der Waals surface area contributed by atoms with Crippen LogP contribution < -0.4 is 5.32 Å². The number of amides is 1. The van der Waals surface area contributed by atoms with Crippen molar-refractivity contribution in [2.24, 2.45) is 0 Å². The molecule has 0 fully saturated rings. The second kappa shape index (κ2) is 9.89. The van der Waals surface area contributed by atoms with Crippen LogP contribution >= 0.6 is 11.6 Å². The zero-order valence-electron chi connectivity index (χ0n) is 18.4. The van der Waals surface area contributed by atoms with Crippen molar-refractivity contribution in [2.45, 2.75) is 12.3 Å². The lowest BCUT2D eigenvalue weighted by Crippen LogP contribution is -2.26. The molecule has 0 spiro atoms. The molecule has 6 heteroatoms. The summed E-state index contributed by atoms with van der Waals surface area (Å²) in [6.07, 6.45) is 4.01. The van der Waals surface area contributed by atoms with Crippen molar-refractivity contribution < 1.29 is 4.79 Å². The number of aromatic nitrogens is 3. The highest BCUT2D eigenvalue weighted by Crippen LogP contribution is 2.29. The first-order valence-electron chi connectivity index (χ1n) is 11.2. The number of hydrogen-bond donors (Lipinski definition) is 1. The predicted octanol–water partition coefficient (Wildman–Crippen LogP) is 6.00. The first-order valence-corrected chi connectivity index (χ1v) is 11.6. The van der Waals surface area contributed by atoms with Gasteiger partial charge < -0.3 is 5.32 Å². The number of nitrogens with one attached hydrogen (secondary N) is 1. The zero-order valence-corrected chi connectivity index (χ0v) is 19.2. The standard InChI is InChI=1S/C28H23ClN4O/c29-25-14-8-7-13-23(25)26-16-18-30-27-24(19-32-33(26)27)28(34)31-17-15-22(20-9-3-1-4-10-20)21-11-5-2-6-12-21/h1-14,16,18-19,22H,15,17H2,(H,31,34). The number of hydrogen-bond acceptors (Lipinski definition) is 3. The molecule has 2 aromatic heterocycles. The van der Waals surface area contributed by atoms with Gasteiger partial charge in [0.15, 0.2) is 5.65 Å². The van der Waals surface area contributed by atoms with Gasteiger partial charge in [-0.1, -0.05) is 90.5 Å². The summed E-state index contributed by atoms with van der Waals surface area (Å²) < 4.78 is 1.66. The van der Waals surface area contributed by atoms with E-state index < -0.39 is 0 Å². The Kier molecular flexibility index (Phi) is 6.36. The molecule has 0 aliphatic carbocycles. The first kappa shape index (κ1) is 21.9. The Morgan fingerprint density at radius 3 is 2.21 bits per heavy atom. The number of carbonyl (C=O) groups excluding carboxylic acids is 1. The third-order valence-electron chi connectivity index (χ3n) is 5.92. The van der Waals surface area contributed by atoms with E-state index in [0.29, 0.717) is 22.8 Å². The minimum absolute atomic E-state index is 0.191. The van der Waals surface area contributed by atoms with Crippen LogP contribution in [0.1, 0.15) is 33.8 Å². The molecule has 1 amide bonds. The lowest BCUT2D eigenvalue weighted by atomic mass is 9.88. The zero-order chi connectivity index (χ0) is 23.3. The molecule has 168 valence electrons. The van der Waals surface area contributed by atoms with Gasteiger partial charge in [-0.05, 0) is 29.7 Å². The van der Waals surface area contributed by atoms with Crippen molar-refractivity contribution in [1.29, 1.82) is 0 Å². The molecular formula is C28H23ClN4O. The minimum Gasteiger partial charge on any atom is -0.352 e. The Morgan fingerprint density at radius 2 is 1.53 bits per heavy atom. The number of nitrogens with zero attached hydrogens (tertiary/aromatic N) is 3. The lowest BCUT2D eigenvalue weighted by molar-refractivity contribution is 0.0954. The van der Waals surface area contributed by atoms with Crippen LogP contribution in [0.15, 0.2) is 103 Å². The van der Waals surface area contributed by atoms with Crippen molar-refractivity contribution in [2.75, 3.05) is 6.54 Å². The van der Waals surface area contributed by atoms with Crippen LogP contribution in [0.3, 0.4) is 0 Å². The molecule has 0 atom stereocenters. The summed E-state index contributed by atoms with van der Waals surface area (Å²) in [5.74, 6) is -0.00441. The highest BCUT2D eigenvalue weighted by Gasteiger charge is 2.18. The monoisotopic (exact) mass is 466 g/mol. The second-order valence-corrected chi connectivity index (χ2v) is 8.43. The molecule has 0 aliphatic heterocycles. The highest BCUT2D eigenvalue weighted by molar-refractivity contribution is 6.33. The summed E-state index contributed by atoms with van der Waals surface area (Å²) in [5, 5.41) is 8.10. The number of fused-ring (bicyclic) bond motifs is 1. The molecule has 1 N–H and O–H groups in total. The predicted molar refractivity (Wildman–Crippen MR) is 135 cm³/mol. The minimum atomic E-state index is -0.196. The van der Waals surface area contributed by atoms with Gasteiger partial charge in [-0.3, -0.25) is 4.79 Å². The van der Waals surface area contributed by atoms with Crippen LogP contribution in [0.2, 0.25) is 5.02 Å². The van der Waals surface area contributed by atoms with E-state index in [0.717, 1.165) is 17.7 Å². The molecule has 0 saturated carbocycles. The van der Waals surface area contributed by atoms with E-state index in [-0.39, 0.29) is 11.8 Å². The van der Waals surface area contributed by atoms with E-state index >= 15 is 0 Å². The topological polar surface area (TPSA) is 59.3 Å². The van der Waals surface area contributed by atoms with Crippen molar-refractivity contribution in [3.63, 3.8) is 0 Å². The summed E-state index contributed by atoms with van der Waals surface area (Å²) in [7, 11) is 0. The summed E-state index contributed by atoms with van der Waals surface area (Å²) in [6.45, 7) is 0.523. The van der Waals surface area contributed by atoms with Gasteiger partial charge in [-0.15, -0.1) is 0 Å². The summed E-state index contributed by atoms with van der Waals surface area (Å²) >= 11 is 6.39. The first-order chi connectivity index (χ1) is 16.7. The van der Waals surface area contributed by atoms with Crippen LogP contribution in [0.5, 0.6) is 0 Å². The Morgan fingerprint density at radius 1 is 0.882 bits per heavy atom. The number of carbonyl (C=O) groups is 1. The number of halogens is 1. The molecule has 0 aliphatic rings. The van der Waals surface area contributed by atoms with Crippen molar-refractivity contribution in [3.05, 3.63) is 125 Å². The molecule has 34 heavy (non-hydrogen) atoms. The maximum atomic E-state index is 13.1. The Labute approximate surface area is 203 Å². The van der Waals surface area contributed by atoms with Crippen LogP contribution in [0.25, 0.3) is 16.9 Å². The van der Waals surface area contributed by atoms with Gasteiger partial charge in [-0.2, -0.15) is 5.10 Å². The van der Waals surface area contributed by atoms with Crippen LogP contribution in [-0.2, 0) is 0 Å². The van der Waals surface area contributed by atoms with Crippen molar-refractivity contribution in [3.8, 4) is 11.3 Å². The fourth-order valence-electron chi connectivity index (χ4n) is 4.25. The van der Waals surface area contributed by atoms with E-state index in [1.165, 1.54) is 11.1 Å². The normalized spacial score (nSPS) is 11.1. The Bertz CT molecular complexity index is 1380. The Balaban J connectivity index is 1.35. The molecule has 5 nitrogen and oxygen atoms in total. The largest absolute Gasteiger partial charge is 0.352 e. The van der Waals surface area contributed by atoms with Crippen LogP contribution in [0.4, 0.5) is 0 Å². The summed E-state index contributed by atoms with van der Waals surface area (Å²) in [5.41, 5.74) is 5.00. The van der Waals surface area contributed by atoms with Gasteiger partial charge in [0.2, 0.25) is 0 Å². The molecule has 0 saturated heterocycles. The average molecular weight is 467 g/mol. The van der Waals surface area contributed by atoms with Crippen molar-refractivity contribution in [1.82, 2.24) is 19.9 Å². The van der Waals surface area contributed by atoms with Gasteiger partial charge in [-0.25, -0.2) is 9.50 Å². The smallest absolute Gasteiger partial charge is 0.256 e. The van der Waals surface area contributed by atoms with Gasteiger partial charge >= 0.3 is 0 Å². The molecule has 3 aromatic carbocycles. The van der Waals surface area contributed by atoms with Gasteiger partial charge in [0, 0.05) is 29.2 Å². The molecule has 0 unspecified atom stereocenters. The lowest BCUT2D eigenvalue weighted by Gasteiger charge is -2.18. The fraction of sp³-hybridized carbons (Fsp3) is 0.107. The van der Waals surface area contributed by atoms with E-state index in [2.05, 4.69) is 39.7 Å². The fourth-order valence-corrected chi connectivity index (χ4v) is 4.48. The third-order valence-corrected chi connectivity index (χ3v) is 6.25. The molecule has 5 rings (SSSR count). The van der Waals surface area contributed by atoms with E-state index in [4.69, 9.17) is 11.6 Å². The van der Waals surface area contributed by atoms with E-state index in [1.807, 2.05) is 66.7 Å². The highest BCUT2D eigenvalue weighted by atomic mass is 35.5. The van der Waals surface area contributed by atoms with Gasteiger partial charge in [0.1, 0.15) is 5.56 Å². The maximum Gasteiger partial charge on any atom is 0.256 e. The third kappa shape index (κ3) is 4.43. The van der Waals surface area contributed by atoms with Crippen LogP contribution in [0, 0.1) is 0 Å². The van der Waals surface area contributed by atoms with Crippen molar-refractivity contribution >= 4 is 23.2 Å². The van der Waals surface area contributed by atoms with E-state index in [9.17, 15) is 4.79 Å². The van der Waals surface area contributed by atoms with Gasteiger partial charge in [0.05, 0.1) is 11.9 Å². The van der Waals surface area contributed by atoms with E-state index in [1.54, 1.807) is 16.9 Å². The Hall–Kier alpha value is -3.96. The molecule has 5 aromatic rings. The number of rotatable bonds is 7. The number of benzene rings is 3. The summed E-state index contributed by atoms with van der Waals surface area (Å²) in [4.78, 5) is 17.5. The molecule has 2 heterocycles. The quantitative estimate of drug-likeness (QED) is 0.320.